The fourth-order valence-electron chi connectivity index (χ4n) is 2.33. The second-order valence-corrected chi connectivity index (χ2v) is 6.67. The summed E-state index contributed by atoms with van der Waals surface area (Å²) in [4.78, 5) is 48.7. The molecule has 0 unspecified atom stereocenters. The van der Waals surface area contributed by atoms with Gasteiger partial charge in [0.15, 0.2) is 0 Å². The van der Waals surface area contributed by atoms with E-state index in [4.69, 9.17) is 11.6 Å². The first-order valence-corrected chi connectivity index (χ1v) is 9.02. The summed E-state index contributed by atoms with van der Waals surface area (Å²) in [7, 11) is 0. The van der Waals surface area contributed by atoms with E-state index in [2.05, 4.69) is 26.6 Å². The largest absolute Gasteiger partial charge is 0.354 e. The Morgan fingerprint density at radius 2 is 1.68 bits per heavy atom. The summed E-state index contributed by atoms with van der Waals surface area (Å²) in [6, 6.07) is 4.78. The summed E-state index contributed by atoms with van der Waals surface area (Å²) in [5, 5.41) is 5.20. The van der Waals surface area contributed by atoms with Crippen LogP contribution in [0.2, 0.25) is 0 Å². The molecule has 9 heteroatoms. The van der Waals surface area contributed by atoms with Crippen molar-refractivity contribution in [1.82, 2.24) is 15.5 Å². The molecule has 0 bridgehead atoms. The summed E-state index contributed by atoms with van der Waals surface area (Å²) in [5.74, 6) is -1.17. The summed E-state index contributed by atoms with van der Waals surface area (Å²) < 4.78 is 0.684. The number of amides is 4. The average Bonchev–Trinajstić information content (AvgIpc) is 2.81. The van der Waals surface area contributed by atoms with Crippen molar-refractivity contribution in [2.75, 3.05) is 25.5 Å². The van der Waals surface area contributed by atoms with Crippen molar-refractivity contribution in [1.29, 1.82) is 0 Å². The Hall–Kier alpha value is -1.93. The molecule has 0 spiro atoms. The van der Waals surface area contributed by atoms with Crippen LogP contribution in [0.1, 0.15) is 33.6 Å². The molecule has 0 radical (unpaired) electrons. The normalized spacial score (nSPS) is 13.0. The smallest absolute Gasteiger partial charge is 0.262 e. The SMILES string of the molecule is O=C(CCCCl)NCCNC(=O)CN1C(=O)c2ccc(Br)cc2C1=O. The molecular weight excluding hydrogens is 414 g/mol. The van der Waals surface area contributed by atoms with E-state index in [1.54, 1.807) is 18.2 Å². The van der Waals surface area contributed by atoms with Crippen molar-refractivity contribution in [2.24, 2.45) is 0 Å². The Morgan fingerprint density at radius 1 is 1.04 bits per heavy atom. The minimum absolute atomic E-state index is 0.138. The highest BCUT2D eigenvalue weighted by Crippen LogP contribution is 2.25. The molecule has 25 heavy (non-hydrogen) atoms. The monoisotopic (exact) mass is 429 g/mol. The number of hydrogen-bond acceptors (Lipinski definition) is 4. The minimum Gasteiger partial charge on any atom is -0.354 e. The van der Waals surface area contributed by atoms with Crippen molar-refractivity contribution in [3.05, 3.63) is 33.8 Å². The molecule has 1 aromatic rings. The van der Waals surface area contributed by atoms with Crippen LogP contribution in [0.15, 0.2) is 22.7 Å². The maximum Gasteiger partial charge on any atom is 0.262 e. The molecule has 134 valence electrons. The fourth-order valence-corrected chi connectivity index (χ4v) is 2.82. The topological polar surface area (TPSA) is 95.6 Å². The molecule has 0 aromatic heterocycles. The van der Waals surface area contributed by atoms with E-state index in [1.165, 1.54) is 0 Å². The van der Waals surface area contributed by atoms with E-state index in [0.717, 1.165) is 4.90 Å². The molecule has 1 aromatic carbocycles. The molecule has 7 nitrogen and oxygen atoms in total. The van der Waals surface area contributed by atoms with Crippen LogP contribution in [0.5, 0.6) is 0 Å². The maximum atomic E-state index is 12.3. The third-order valence-corrected chi connectivity index (χ3v) is 4.30. The van der Waals surface area contributed by atoms with Gasteiger partial charge in [0.2, 0.25) is 11.8 Å². The van der Waals surface area contributed by atoms with Gasteiger partial charge in [-0.2, -0.15) is 0 Å². The first-order valence-electron chi connectivity index (χ1n) is 7.69. The maximum absolute atomic E-state index is 12.3. The van der Waals surface area contributed by atoms with E-state index in [9.17, 15) is 19.2 Å². The molecule has 2 N–H and O–H groups in total. The number of nitrogens with zero attached hydrogens (tertiary/aromatic N) is 1. The van der Waals surface area contributed by atoms with Crippen LogP contribution >= 0.6 is 27.5 Å². The number of carbonyl (C=O) groups excluding carboxylic acids is 4. The Labute approximate surface area is 158 Å². The lowest BCUT2D eigenvalue weighted by molar-refractivity contribution is -0.123. The van der Waals surface area contributed by atoms with E-state index in [-0.39, 0.29) is 36.7 Å². The van der Waals surface area contributed by atoms with E-state index in [0.29, 0.717) is 23.2 Å². The second kappa shape index (κ2) is 8.96. The highest BCUT2D eigenvalue weighted by Gasteiger charge is 2.36. The van der Waals surface area contributed by atoms with Crippen LogP contribution in [0.4, 0.5) is 0 Å². The van der Waals surface area contributed by atoms with Gasteiger partial charge in [-0.05, 0) is 24.6 Å². The number of benzene rings is 1. The van der Waals surface area contributed by atoms with E-state index < -0.39 is 17.7 Å². The third-order valence-electron chi connectivity index (χ3n) is 3.54. The Kier molecular flexibility index (Phi) is 6.95. The van der Waals surface area contributed by atoms with Crippen LogP contribution in [0, 0.1) is 0 Å². The molecule has 0 atom stereocenters. The Morgan fingerprint density at radius 3 is 2.36 bits per heavy atom. The van der Waals surface area contributed by atoms with Gasteiger partial charge in [0.05, 0.1) is 11.1 Å². The van der Waals surface area contributed by atoms with Gasteiger partial charge in [-0.25, -0.2) is 0 Å². The highest BCUT2D eigenvalue weighted by molar-refractivity contribution is 9.10. The lowest BCUT2D eigenvalue weighted by Crippen LogP contribution is -2.42. The van der Waals surface area contributed by atoms with Crippen molar-refractivity contribution in [3.8, 4) is 0 Å². The number of imide groups is 1. The molecule has 1 aliphatic rings. The zero-order chi connectivity index (χ0) is 18.4. The van der Waals surface area contributed by atoms with Gasteiger partial charge in [0.1, 0.15) is 6.54 Å². The lowest BCUT2D eigenvalue weighted by atomic mass is 10.1. The van der Waals surface area contributed by atoms with Crippen LogP contribution in [-0.2, 0) is 9.59 Å². The van der Waals surface area contributed by atoms with E-state index >= 15 is 0 Å². The number of nitrogens with one attached hydrogen (secondary N) is 2. The number of alkyl halides is 1. The molecule has 0 saturated heterocycles. The molecule has 1 aliphatic heterocycles. The van der Waals surface area contributed by atoms with Crippen molar-refractivity contribution in [3.63, 3.8) is 0 Å². The Bertz CT molecular complexity index is 711. The minimum atomic E-state index is -0.495. The van der Waals surface area contributed by atoms with Gasteiger partial charge in [-0.1, -0.05) is 15.9 Å². The van der Waals surface area contributed by atoms with Gasteiger partial charge in [0.25, 0.3) is 11.8 Å². The number of rotatable bonds is 8. The first kappa shape index (κ1) is 19.4. The molecular formula is C16H17BrClN3O4. The number of halogens is 2. The van der Waals surface area contributed by atoms with Crippen molar-refractivity contribution in [2.45, 2.75) is 12.8 Å². The number of fused-ring (bicyclic) bond motifs is 1. The molecule has 0 fully saturated rings. The first-order chi connectivity index (χ1) is 11.9. The predicted octanol–water partition coefficient (Wildman–Crippen LogP) is 1.30. The predicted molar refractivity (Wildman–Crippen MR) is 95.5 cm³/mol. The van der Waals surface area contributed by atoms with Gasteiger partial charge < -0.3 is 10.6 Å². The summed E-state index contributed by atoms with van der Waals surface area (Å²) >= 11 is 8.75. The van der Waals surface area contributed by atoms with Crippen molar-refractivity contribution >= 4 is 51.2 Å². The fraction of sp³-hybridized carbons (Fsp3) is 0.375. The zero-order valence-electron chi connectivity index (χ0n) is 13.3. The molecule has 1 heterocycles. The lowest BCUT2D eigenvalue weighted by Gasteiger charge is -2.13. The summed E-state index contributed by atoms with van der Waals surface area (Å²) in [5.41, 5.74) is 0.561. The molecule has 4 amide bonds. The van der Waals surface area contributed by atoms with Gasteiger partial charge >= 0.3 is 0 Å². The molecule has 2 rings (SSSR count). The van der Waals surface area contributed by atoms with Crippen molar-refractivity contribution < 1.29 is 19.2 Å². The second-order valence-electron chi connectivity index (χ2n) is 5.38. The number of carbonyl (C=O) groups is 4. The summed E-state index contributed by atoms with van der Waals surface area (Å²) in [6.45, 7) is 0.117. The quantitative estimate of drug-likeness (QED) is 0.369. The highest BCUT2D eigenvalue weighted by atomic mass is 79.9. The number of hydrogen-bond donors (Lipinski definition) is 2. The Balaban J connectivity index is 1.79. The zero-order valence-corrected chi connectivity index (χ0v) is 15.7. The van der Waals surface area contributed by atoms with Gasteiger partial charge in [0, 0.05) is 29.9 Å². The summed E-state index contributed by atoms with van der Waals surface area (Å²) in [6.07, 6.45) is 0.928. The van der Waals surface area contributed by atoms with Crippen LogP contribution in [0.3, 0.4) is 0 Å². The molecule has 0 saturated carbocycles. The average molecular weight is 431 g/mol. The molecule has 0 aliphatic carbocycles. The van der Waals surface area contributed by atoms with Crippen LogP contribution in [0.25, 0.3) is 0 Å². The van der Waals surface area contributed by atoms with E-state index in [1.807, 2.05) is 0 Å². The van der Waals surface area contributed by atoms with Gasteiger partial charge in [-0.3, -0.25) is 24.1 Å². The van der Waals surface area contributed by atoms with Crippen LogP contribution in [-0.4, -0.2) is 54.0 Å². The standard InChI is InChI=1S/C16H17BrClN3O4/c17-10-3-4-11-12(8-10)16(25)21(15(11)24)9-14(23)20-7-6-19-13(22)2-1-5-18/h3-4,8H,1-2,5-7,9H2,(H,19,22)(H,20,23). The third kappa shape index (κ3) is 5.02. The van der Waals surface area contributed by atoms with Crippen LogP contribution < -0.4 is 10.6 Å². The van der Waals surface area contributed by atoms with Gasteiger partial charge in [-0.15, -0.1) is 11.6 Å².